The molecule has 1 amide bonds. The van der Waals surface area contributed by atoms with Crippen molar-refractivity contribution in [1.29, 1.82) is 0 Å². The number of methoxy groups -OCH3 is 1. The van der Waals surface area contributed by atoms with Gasteiger partial charge >= 0.3 is 11.9 Å². The molecule has 0 aliphatic carbocycles. The van der Waals surface area contributed by atoms with Gasteiger partial charge in [-0.05, 0) is 0 Å². The van der Waals surface area contributed by atoms with Crippen molar-refractivity contribution in [3.05, 3.63) is 16.3 Å². The molecule has 10 heteroatoms. The van der Waals surface area contributed by atoms with Crippen molar-refractivity contribution in [2.45, 2.75) is 12.7 Å². The molecule has 0 aromatic carbocycles. The van der Waals surface area contributed by atoms with E-state index in [9.17, 15) is 22.8 Å². The maximum absolute atomic E-state index is 12.5. The summed E-state index contributed by atoms with van der Waals surface area (Å²) in [7, 11) is 2.38. The zero-order valence-corrected chi connectivity index (χ0v) is 10.3. The molecular formula is C9H13F3N4O3. The van der Waals surface area contributed by atoms with Crippen molar-refractivity contribution in [1.82, 2.24) is 19.7 Å². The molecule has 0 aliphatic heterocycles. The van der Waals surface area contributed by atoms with Crippen molar-refractivity contribution in [2.75, 3.05) is 20.3 Å². The van der Waals surface area contributed by atoms with Gasteiger partial charge in [0.25, 0.3) is 0 Å². The molecule has 0 unspecified atom stereocenters. The largest absolute Gasteiger partial charge is 0.451 e. The Morgan fingerprint density at radius 2 is 2.11 bits per heavy atom. The average molecular weight is 282 g/mol. The van der Waals surface area contributed by atoms with E-state index >= 15 is 0 Å². The van der Waals surface area contributed by atoms with Gasteiger partial charge in [-0.25, -0.2) is 9.48 Å². The topological polar surface area (TPSA) is 78.2 Å². The lowest BCUT2D eigenvalue weighted by Crippen LogP contribution is -2.34. The lowest BCUT2D eigenvalue weighted by molar-refractivity contribution is -0.147. The van der Waals surface area contributed by atoms with Gasteiger partial charge in [0.05, 0.1) is 6.61 Å². The summed E-state index contributed by atoms with van der Waals surface area (Å²) in [6.07, 6.45) is -4.74. The number of aromatic nitrogens is 3. The van der Waals surface area contributed by atoms with Gasteiger partial charge in [0, 0.05) is 20.7 Å². The van der Waals surface area contributed by atoms with Crippen LogP contribution >= 0.6 is 0 Å². The Kier molecular flexibility index (Phi) is 4.70. The highest BCUT2D eigenvalue weighted by Gasteiger charge is 2.38. The number of rotatable bonds is 5. The van der Waals surface area contributed by atoms with Crippen LogP contribution in [0.4, 0.5) is 13.2 Å². The first-order chi connectivity index (χ1) is 8.77. The fraction of sp³-hybridized carbons (Fsp3) is 0.667. The lowest BCUT2D eigenvalue weighted by Gasteiger charge is -2.03. The maximum Gasteiger partial charge on any atom is 0.451 e. The molecule has 0 aliphatic rings. The van der Waals surface area contributed by atoms with Crippen molar-refractivity contribution in [3.63, 3.8) is 0 Å². The van der Waals surface area contributed by atoms with Crippen LogP contribution in [0, 0.1) is 0 Å². The van der Waals surface area contributed by atoms with Gasteiger partial charge in [0.1, 0.15) is 6.54 Å². The van der Waals surface area contributed by atoms with Gasteiger partial charge in [0.15, 0.2) is 0 Å². The van der Waals surface area contributed by atoms with E-state index in [0.29, 0.717) is 9.25 Å². The number of alkyl halides is 3. The molecule has 1 heterocycles. The Morgan fingerprint density at radius 3 is 2.58 bits per heavy atom. The highest BCUT2D eigenvalue weighted by Crippen LogP contribution is 2.25. The summed E-state index contributed by atoms with van der Waals surface area (Å²) in [5, 5.41) is 5.47. The van der Waals surface area contributed by atoms with Crippen LogP contribution in [0.25, 0.3) is 0 Å². The van der Waals surface area contributed by atoms with Gasteiger partial charge in [0.2, 0.25) is 11.7 Å². The molecule has 0 saturated carbocycles. The second-order valence-corrected chi connectivity index (χ2v) is 3.66. The molecule has 1 aromatic rings. The van der Waals surface area contributed by atoms with Crippen LogP contribution in [0.15, 0.2) is 4.79 Å². The first kappa shape index (κ1) is 15.2. The number of hydrogen-bond donors (Lipinski definition) is 1. The first-order valence-corrected chi connectivity index (χ1v) is 5.24. The summed E-state index contributed by atoms with van der Waals surface area (Å²) in [4.78, 5) is 22.8. The zero-order valence-electron chi connectivity index (χ0n) is 10.3. The predicted molar refractivity (Wildman–Crippen MR) is 57.4 cm³/mol. The first-order valence-electron chi connectivity index (χ1n) is 5.24. The van der Waals surface area contributed by atoms with E-state index in [1.807, 2.05) is 0 Å². The molecule has 19 heavy (non-hydrogen) atoms. The molecular weight excluding hydrogens is 269 g/mol. The van der Waals surface area contributed by atoms with E-state index in [1.165, 1.54) is 7.11 Å². The number of nitrogens with one attached hydrogen (secondary N) is 1. The maximum atomic E-state index is 12.5. The normalized spacial score (nSPS) is 11.6. The van der Waals surface area contributed by atoms with E-state index in [2.05, 4.69) is 15.2 Å². The molecule has 1 aromatic heterocycles. The number of carbonyl (C=O) groups excluding carboxylic acids is 1. The second kappa shape index (κ2) is 5.87. The summed E-state index contributed by atoms with van der Waals surface area (Å²) in [5.74, 6) is -1.96. The van der Waals surface area contributed by atoms with Crippen LogP contribution in [0.5, 0.6) is 0 Å². The Balaban J connectivity index is 2.80. The molecule has 0 atom stereocenters. The molecule has 1 rings (SSSR count). The summed E-state index contributed by atoms with van der Waals surface area (Å²) in [5.41, 5.74) is -1.01. The smallest absolute Gasteiger partial charge is 0.383 e. The highest BCUT2D eigenvalue weighted by molar-refractivity contribution is 5.75. The molecule has 0 fully saturated rings. The van der Waals surface area contributed by atoms with Crippen LogP contribution in [-0.2, 0) is 29.3 Å². The second-order valence-electron chi connectivity index (χ2n) is 3.66. The minimum atomic E-state index is -4.74. The van der Waals surface area contributed by atoms with E-state index in [1.54, 1.807) is 0 Å². The van der Waals surface area contributed by atoms with Crippen LogP contribution in [0.3, 0.4) is 0 Å². The number of ether oxygens (including phenoxy) is 1. The molecule has 0 bridgehead atoms. The van der Waals surface area contributed by atoms with Gasteiger partial charge in [-0.3, -0.25) is 9.36 Å². The van der Waals surface area contributed by atoms with Crippen LogP contribution < -0.4 is 11.0 Å². The van der Waals surface area contributed by atoms with Gasteiger partial charge in [-0.15, -0.1) is 5.10 Å². The quantitative estimate of drug-likeness (QED) is 0.729. The summed E-state index contributed by atoms with van der Waals surface area (Å²) >= 11 is 0. The minimum absolute atomic E-state index is 0.197. The third-order valence-electron chi connectivity index (χ3n) is 2.22. The molecule has 7 nitrogen and oxygen atoms in total. The number of carbonyl (C=O) groups is 1. The van der Waals surface area contributed by atoms with Gasteiger partial charge < -0.3 is 10.1 Å². The number of nitrogens with zero attached hydrogens (tertiary/aromatic N) is 3. The Hall–Kier alpha value is -1.84. The van der Waals surface area contributed by atoms with Gasteiger partial charge in [-0.1, -0.05) is 0 Å². The molecule has 0 saturated heterocycles. The molecule has 0 radical (unpaired) electrons. The Labute approximate surface area is 106 Å². The average Bonchev–Trinajstić information content (AvgIpc) is 2.57. The fourth-order valence-electron chi connectivity index (χ4n) is 1.32. The van der Waals surface area contributed by atoms with Crippen molar-refractivity contribution in [3.8, 4) is 0 Å². The Morgan fingerprint density at radius 1 is 1.47 bits per heavy atom. The third kappa shape index (κ3) is 3.81. The summed E-state index contributed by atoms with van der Waals surface area (Å²) < 4.78 is 42.9. The van der Waals surface area contributed by atoms with Gasteiger partial charge in [-0.2, -0.15) is 13.2 Å². The minimum Gasteiger partial charge on any atom is -0.383 e. The van der Waals surface area contributed by atoms with Crippen molar-refractivity contribution >= 4 is 5.91 Å². The zero-order chi connectivity index (χ0) is 14.6. The number of hydrogen-bond acceptors (Lipinski definition) is 4. The van der Waals surface area contributed by atoms with E-state index in [0.717, 1.165) is 7.05 Å². The molecule has 1 N–H and O–H groups in total. The predicted octanol–water partition coefficient (Wildman–Crippen LogP) is -0.637. The van der Waals surface area contributed by atoms with Crippen molar-refractivity contribution in [2.24, 2.45) is 7.05 Å². The number of halogens is 3. The van der Waals surface area contributed by atoms with E-state index in [-0.39, 0.29) is 13.2 Å². The van der Waals surface area contributed by atoms with Crippen LogP contribution in [-0.4, -0.2) is 40.5 Å². The fourth-order valence-corrected chi connectivity index (χ4v) is 1.32. The molecule has 108 valence electrons. The third-order valence-corrected chi connectivity index (χ3v) is 2.22. The SMILES string of the molecule is COCCNC(=O)Cn1nc(C(F)(F)F)n(C)c1=O. The number of amides is 1. The summed E-state index contributed by atoms with van der Waals surface area (Å²) in [6, 6.07) is 0. The summed E-state index contributed by atoms with van der Waals surface area (Å²) in [6.45, 7) is -0.119. The van der Waals surface area contributed by atoms with E-state index < -0.39 is 30.1 Å². The van der Waals surface area contributed by atoms with Crippen LogP contribution in [0.2, 0.25) is 0 Å². The standard InChI is InChI=1S/C9H13F3N4O3/c1-15-7(9(10,11)12)14-16(8(15)18)5-6(17)13-3-4-19-2/h3-5H2,1-2H3,(H,13,17). The van der Waals surface area contributed by atoms with Crippen LogP contribution in [0.1, 0.15) is 5.82 Å². The van der Waals surface area contributed by atoms with Crippen molar-refractivity contribution < 1.29 is 22.7 Å². The molecule has 0 spiro atoms. The lowest BCUT2D eigenvalue weighted by atomic mass is 10.5. The Bertz CT molecular complexity index is 506. The highest BCUT2D eigenvalue weighted by atomic mass is 19.4. The van der Waals surface area contributed by atoms with E-state index in [4.69, 9.17) is 0 Å². The monoisotopic (exact) mass is 282 g/mol.